The first-order valence-electron chi connectivity index (χ1n) is 8.00. The van der Waals surface area contributed by atoms with Gasteiger partial charge in [0.1, 0.15) is 11.6 Å². The molecule has 6 nitrogen and oxygen atoms in total. The summed E-state index contributed by atoms with van der Waals surface area (Å²) in [6.45, 7) is 2.18. The van der Waals surface area contributed by atoms with Gasteiger partial charge < -0.3 is 4.74 Å². The summed E-state index contributed by atoms with van der Waals surface area (Å²) in [7, 11) is -1.52. The number of halogens is 2. The highest BCUT2D eigenvalue weighted by molar-refractivity contribution is 7.87. The highest BCUT2D eigenvalue weighted by Gasteiger charge is 2.24. The Kier molecular flexibility index (Phi) is 6.29. The van der Waals surface area contributed by atoms with E-state index in [1.165, 1.54) is 14.1 Å². The van der Waals surface area contributed by atoms with Gasteiger partial charge in [-0.1, -0.05) is 18.5 Å². The molecular formula is C16H22ClFN2O4S. The van der Waals surface area contributed by atoms with Gasteiger partial charge in [-0.15, -0.1) is 0 Å². The first kappa shape index (κ1) is 19.9. The number of nitrogens with zero attached hydrogens (tertiary/aromatic N) is 1. The van der Waals surface area contributed by atoms with Gasteiger partial charge in [0.05, 0.1) is 16.7 Å². The van der Waals surface area contributed by atoms with Crippen molar-refractivity contribution in [3.63, 3.8) is 0 Å². The smallest absolute Gasteiger partial charge is 0.303 e. The van der Waals surface area contributed by atoms with E-state index in [1.54, 1.807) is 4.72 Å². The van der Waals surface area contributed by atoms with Gasteiger partial charge in [-0.3, -0.25) is 4.79 Å². The highest BCUT2D eigenvalue weighted by Crippen LogP contribution is 2.32. The number of hydrogen-bond donors (Lipinski definition) is 1. The van der Waals surface area contributed by atoms with E-state index in [1.807, 2.05) is 0 Å². The van der Waals surface area contributed by atoms with Crippen molar-refractivity contribution < 1.29 is 22.3 Å². The van der Waals surface area contributed by atoms with Gasteiger partial charge in [-0.2, -0.15) is 12.7 Å². The topological polar surface area (TPSA) is 75.7 Å². The molecular weight excluding hydrogens is 371 g/mol. The molecule has 25 heavy (non-hydrogen) atoms. The van der Waals surface area contributed by atoms with Crippen molar-refractivity contribution >= 4 is 27.7 Å². The quantitative estimate of drug-likeness (QED) is 0.835. The fraction of sp³-hybridized carbons (Fsp3) is 0.562. The van der Waals surface area contributed by atoms with Gasteiger partial charge in [-0.25, -0.2) is 9.11 Å². The maximum atomic E-state index is 14.3. The summed E-state index contributed by atoms with van der Waals surface area (Å²) in [5.41, 5.74) is -0.458. The minimum absolute atomic E-state index is 0.0399. The minimum Gasteiger partial charge on any atom is -0.489 e. The number of nitrogens with one attached hydrogen (secondary N) is 1. The molecule has 1 N–H and O–H groups in total. The minimum atomic E-state index is -4.02. The Labute approximate surface area is 152 Å². The van der Waals surface area contributed by atoms with Gasteiger partial charge in [0.15, 0.2) is 0 Å². The highest BCUT2D eigenvalue weighted by atomic mass is 35.5. The molecule has 1 aromatic carbocycles. The number of hydrogen-bond acceptors (Lipinski definition) is 4. The van der Waals surface area contributed by atoms with Crippen LogP contribution in [-0.2, 0) is 10.2 Å². The molecule has 1 fully saturated rings. The summed E-state index contributed by atoms with van der Waals surface area (Å²) in [5.74, 6) is -1.18. The van der Waals surface area contributed by atoms with Crippen LogP contribution in [0.4, 0.5) is 4.39 Å². The van der Waals surface area contributed by atoms with Gasteiger partial charge >= 0.3 is 10.2 Å². The van der Waals surface area contributed by atoms with Crippen LogP contribution in [-0.4, -0.2) is 38.8 Å². The first-order chi connectivity index (χ1) is 11.6. The first-order valence-corrected chi connectivity index (χ1v) is 9.82. The van der Waals surface area contributed by atoms with Crippen molar-refractivity contribution in [2.75, 3.05) is 14.1 Å². The van der Waals surface area contributed by atoms with Gasteiger partial charge in [0, 0.05) is 20.2 Å². The zero-order chi connectivity index (χ0) is 18.8. The van der Waals surface area contributed by atoms with Crippen LogP contribution in [0.2, 0.25) is 5.02 Å². The average molecular weight is 393 g/mol. The van der Waals surface area contributed by atoms with E-state index in [-0.39, 0.29) is 16.9 Å². The molecule has 0 radical (unpaired) electrons. The largest absolute Gasteiger partial charge is 0.489 e. The van der Waals surface area contributed by atoms with Crippen molar-refractivity contribution in [3.05, 3.63) is 28.5 Å². The van der Waals surface area contributed by atoms with E-state index in [4.69, 9.17) is 16.3 Å². The van der Waals surface area contributed by atoms with Gasteiger partial charge in [0.2, 0.25) is 0 Å². The summed E-state index contributed by atoms with van der Waals surface area (Å²) in [4.78, 5) is 12.0. The predicted molar refractivity (Wildman–Crippen MR) is 93.5 cm³/mol. The fourth-order valence-corrected chi connectivity index (χ4v) is 3.32. The zero-order valence-electron chi connectivity index (χ0n) is 14.4. The lowest BCUT2D eigenvalue weighted by molar-refractivity contribution is 0.0975. The van der Waals surface area contributed by atoms with Crippen LogP contribution in [0.1, 0.15) is 43.0 Å². The molecule has 140 valence electrons. The molecule has 0 bridgehead atoms. The number of carbonyl (C=O) groups excluding carboxylic acids is 1. The molecule has 9 heteroatoms. The molecule has 1 aromatic rings. The van der Waals surface area contributed by atoms with Crippen LogP contribution in [0.15, 0.2) is 12.1 Å². The molecule has 0 heterocycles. The normalized spacial score (nSPS) is 21.2. The van der Waals surface area contributed by atoms with Crippen molar-refractivity contribution in [3.8, 4) is 5.75 Å². The van der Waals surface area contributed by atoms with Crippen LogP contribution in [0.5, 0.6) is 5.75 Å². The van der Waals surface area contributed by atoms with E-state index in [0.717, 1.165) is 42.1 Å². The van der Waals surface area contributed by atoms with E-state index in [2.05, 4.69) is 6.92 Å². The van der Waals surface area contributed by atoms with E-state index in [9.17, 15) is 17.6 Å². The van der Waals surface area contributed by atoms with Crippen molar-refractivity contribution in [1.29, 1.82) is 0 Å². The molecule has 0 spiro atoms. The Bertz CT molecular complexity index is 747. The molecule has 0 aromatic heterocycles. The maximum absolute atomic E-state index is 14.3. The van der Waals surface area contributed by atoms with E-state index in [0.29, 0.717) is 5.92 Å². The van der Waals surface area contributed by atoms with Crippen LogP contribution < -0.4 is 9.46 Å². The monoisotopic (exact) mass is 392 g/mol. The Balaban J connectivity index is 2.15. The Morgan fingerprint density at radius 1 is 1.28 bits per heavy atom. The summed E-state index contributed by atoms with van der Waals surface area (Å²) in [5, 5.41) is 0.0624. The van der Waals surface area contributed by atoms with Crippen LogP contribution in [0.3, 0.4) is 0 Å². The molecule has 1 aliphatic rings. The molecule has 0 atom stereocenters. The van der Waals surface area contributed by atoms with E-state index >= 15 is 0 Å². The Morgan fingerprint density at radius 2 is 1.88 bits per heavy atom. The molecule has 0 aliphatic heterocycles. The standard InChI is InChI=1S/C16H22ClFN2O4S/c1-10-4-6-11(7-5-10)24-15-9-14(18)12(8-13(15)17)16(21)19-25(22,23)20(2)3/h8-11H,4-7H2,1-3H3,(H,19,21)/t10-,11+. The summed E-state index contributed by atoms with van der Waals surface area (Å²) >= 11 is 6.10. The van der Waals surface area contributed by atoms with Crippen LogP contribution in [0, 0.1) is 11.7 Å². The Morgan fingerprint density at radius 3 is 2.44 bits per heavy atom. The summed E-state index contributed by atoms with van der Waals surface area (Å²) in [6, 6.07) is 2.11. The van der Waals surface area contributed by atoms with Crippen LogP contribution in [0.25, 0.3) is 0 Å². The van der Waals surface area contributed by atoms with Gasteiger partial charge in [-0.05, 0) is 37.7 Å². The second kappa shape index (κ2) is 7.88. The zero-order valence-corrected chi connectivity index (χ0v) is 16.0. The van der Waals surface area contributed by atoms with Crippen LogP contribution >= 0.6 is 11.6 Å². The second-order valence-corrected chi connectivity index (χ2v) is 8.77. The number of rotatable bonds is 5. The average Bonchev–Trinajstić information content (AvgIpc) is 2.52. The lowest BCUT2D eigenvalue weighted by Crippen LogP contribution is -2.39. The molecule has 2 rings (SSSR count). The SMILES string of the molecule is CN(C)S(=O)(=O)NC(=O)c1cc(Cl)c(O[C@H]2CC[C@@H](C)CC2)cc1F. The Hall–Kier alpha value is -1.38. The number of ether oxygens (including phenoxy) is 1. The third-order valence-corrected chi connectivity index (χ3v) is 5.93. The number of amides is 1. The third-order valence-electron chi connectivity index (χ3n) is 4.23. The third kappa shape index (κ3) is 5.05. The second-order valence-electron chi connectivity index (χ2n) is 6.48. The molecule has 1 aliphatic carbocycles. The van der Waals surface area contributed by atoms with Crippen molar-refractivity contribution in [1.82, 2.24) is 9.03 Å². The molecule has 1 saturated carbocycles. The van der Waals surface area contributed by atoms with Crippen molar-refractivity contribution in [2.45, 2.75) is 38.7 Å². The lowest BCUT2D eigenvalue weighted by Gasteiger charge is -2.27. The summed E-state index contributed by atoms with van der Waals surface area (Å²) < 4.78 is 46.0. The molecule has 1 amide bonds. The summed E-state index contributed by atoms with van der Waals surface area (Å²) in [6.07, 6.45) is 3.76. The molecule has 0 unspecified atom stereocenters. The maximum Gasteiger partial charge on any atom is 0.303 e. The number of carbonyl (C=O) groups is 1. The molecule has 0 saturated heterocycles. The predicted octanol–water partition coefficient (Wildman–Crippen LogP) is 2.97. The van der Waals surface area contributed by atoms with E-state index < -0.39 is 27.5 Å². The number of benzene rings is 1. The lowest BCUT2D eigenvalue weighted by atomic mass is 9.89. The fourth-order valence-electron chi connectivity index (χ4n) is 2.58. The van der Waals surface area contributed by atoms with Gasteiger partial charge in [0.25, 0.3) is 5.91 Å². The van der Waals surface area contributed by atoms with Crippen molar-refractivity contribution in [2.24, 2.45) is 5.92 Å².